The van der Waals surface area contributed by atoms with E-state index < -0.39 is 11.8 Å². The fourth-order valence-electron chi connectivity index (χ4n) is 2.57. The van der Waals surface area contributed by atoms with Crippen LogP contribution < -0.4 is 25.6 Å². The molecule has 7 nitrogen and oxygen atoms in total. The normalized spacial score (nSPS) is 10.3. The van der Waals surface area contributed by atoms with Gasteiger partial charge in [0.1, 0.15) is 11.5 Å². The predicted molar refractivity (Wildman–Crippen MR) is 137 cm³/mol. The van der Waals surface area contributed by atoms with Crippen LogP contribution in [0.4, 0.5) is 0 Å². The third-order valence-corrected chi connectivity index (χ3v) is 5.60. The molecular weight excluding hydrogens is 553 g/mol. The minimum atomic E-state index is -0.527. The van der Waals surface area contributed by atoms with Crippen LogP contribution in [0.1, 0.15) is 43.0 Å². The van der Waals surface area contributed by atoms with E-state index in [4.69, 9.17) is 44.9 Å². The number of carbonyl (C=O) groups is 2. The van der Waals surface area contributed by atoms with Crippen molar-refractivity contribution < 1.29 is 19.1 Å². The lowest BCUT2D eigenvalue weighted by Gasteiger charge is -2.13. The molecule has 0 fully saturated rings. The highest BCUT2D eigenvalue weighted by Crippen LogP contribution is 2.27. The number of hydrogen-bond acceptors (Lipinski definition) is 5. The van der Waals surface area contributed by atoms with Gasteiger partial charge in [-0.25, -0.2) is 0 Å². The van der Waals surface area contributed by atoms with Crippen LogP contribution in [-0.2, 0) is 4.79 Å². The second-order valence-corrected chi connectivity index (χ2v) is 8.98. The summed E-state index contributed by atoms with van der Waals surface area (Å²) < 4.78 is 11.7. The zero-order chi connectivity index (χ0) is 24.2. The maximum absolute atomic E-state index is 12.4. The molecule has 0 aliphatic heterocycles. The Morgan fingerprint density at radius 2 is 1.76 bits per heavy atom. The molecule has 2 aromatic carbocycles. The Kier molecular flexibility index (Phi) is 11.7. The van der Waals surface area contributed by atoms with E-state index in [9.17, 15) is 9.59 Å². The molecule has 178 valence electrons. The molecule has 2 aromatic rings. The number of hydrazine groups is 1. The van der Waals surface area contributed by atoms with Gasteiger partial charge in [-0.3, -0.25) is 25.8 Å². The maximum Gasteiger partial charge on any atom is 0.276 e. The second kappa shape index (κ2) is 14.2. The highest BCUT2D eigenvalue weighted by molar-refractivity contribution is 9.10. The maximum atomic E-state index is 12.4. The highest BCUT2D eigenvalue weighted by Gasteiger charge is 2.12. The Labute approximate surface area is 216 Å². The quantitative estimate of drug-likeness (QED) is 0.198. The number of hydrogen-bond donors (Lipinski definition) is 3. The molecule has 0 aliphatic carbocycles. The molecule has 33 heavy (non-hydrogen) atoms. The zero-order valence-corrected chi connectivity index (χ0v) is 21.8. The van der Waals surface area contributed by atoms with Crippen molar-refractivity contribution in [3.05, 3.63) is 56.5 Å². The summed E-state index contributed by atoms with van der Waals surface area (Å²) in [4.78, 5) is 24.3. The number of nitrogens with one attached hydrogen (secondary N) is 3. The Hall–Kier alpha value is -2.07. The monoisotopic (exact) mass is 575 g/mol. The Bertz CT molecular complexity index is 994. The number of thiocarbonyl (C=S) groups is 1. The van der Waals surface area contributed by atoms with Gasteiger partial charge in [-0.1, -0.05) is 49.4 Å². The molecule has 0 heterocycles. The van der Waals surface area contributed by atoms with E-state index in [1.54, 1.807) is 30.3 Å². The van der Waals surface area contributed by atoms with Crippen molar-refractivity contribution in [2.45, 2.75) is 32.6 Å². The molecule has 0 aromatic heterocycles. The minimum Gasteiger partial charge on any atom is -0.492 e. The molecule has 0 saturated carbocycles. The highest BCUT2D eigenvalue weighted by atomic mass is 79.9. The van der Waals surface area contributed by atoms with E-state index in [2.05, 4.69) is 39.0 Å². The van der Waals surface area contributed by atoms with Crippen molar-refractivity contribution in [1.29, 1.82) is 0 Å². The van der Waals surface area contributed by atoms with Crippen molar-refractivity contribution in [3.63, 3.8) is 0 Å². The molecular formula is C22H24BrCl2N3O4S. The predicted octanol–water partition coefficient (Wildman–Crippen LogP) is 5.43. The van der Waals surface area contributed by atoms with Gasteiger partial charge in [0.15, 0.2) is 11.7 Å². The van der Waals surface area contributed by atoms with Crippen LogP contribution in [0.5, 0.6) is 11.5 Å². The molecule has 0 radical (unpaired) electrons. The van der Waals surface area contributed by atoms with Gasteiger partial charge in [0.25, 0.3) is 11.8 Å². The van der Waals surface area contributed by atoms with Gasteiger partial charge in [-0.2, -0.15) is 0 Å². The standard InChI is InChI=1S/C22H24BrCl2N3O4S/c1-2-3-4-5-10-31-18-8-6-14(11-16(18)23)21(30)26-22(33)28-27-20(29)13-32-19-9-7-15(24)12-17(19)25/h6-9,11-12H,2-5,10,13H2,1H3,(H,27,29)(H2,26,28,30,33). The summed E-state index contributed by atoms with van der Waals surface area (Å²) in [7, 11) is 0. The van der Waals surface area contributed by atoms with Gasteiger partial charge < -0.3 is 9.47 Å². The van der Waals surface area contributed by atoms with Crippen LogP contribution in [0, 0.1) is 0 Å². The van der Waals surface area contributed by atoms with E-state index in [1.807, 2.05) is 0 Å². The molecule has 0 spiro atoms. The van der Waals surface area contributed by atoms with Gasteiger partial charge in [0.05, 0.1) is 16.1 Å². The van der Waals surface area contributed by atoms with Crippen molar-refractivity contribution in [3.8, 4) is 11.5 Å². The number of ether oxygens (including phenoxy) is 2. The van der Waals surface area contributed by atoms with Gasteiger partial charge in [0.2, 0.25) is 0 Å². The number of benzene rings is 2. The number of unbranched alkanes of at least 4 members (excludes halogenated alkanes) is 3. The summed E-state index contributed by atoms with van der Waals surface area (Å²) in [6, 6.07) is 9.64. The summed E-state index contributed by atoms with van der Waals surface area (Å²) in [5, 5.41) is 3.14. The SMILES string of the molecule is CCCCCCOc1ccc(C(=O)NC(=S)NNC(=O)COc2ccc(Cl)cc2Cl)cc1Br. The van der Waals surface area contributed by atoms with E-state index in [-0.39, 0.29) is 16.7 Å². The first-order valence-corrected chi connectivity index (χ1v) is 12.2. The van der Waals surface area contributed by atoms with Crippen LogP contribution in [0.3, 0.4) is 0 Å². The average Bonchev–Trinajstić information content (AvgIpc) is 2.77. The Morgan fingerprint density at radius 1 is 1.00 bits per heavy atom. The molecule has 3 N–H and O–H groups in total. The molecule has 0 unspecified atom stereocenters. The first-order valence-electron chi connectivity index (χ1n) is 10.2. The summed E-state index contributed by atoms with van der Waals surface area (Å²) in [5.41, 5.74) is 5.15. The molecule has 0 saturated heterocycles. The Balaban J connectivity index is 1.75. The second-order valence-electron chi connectivity index (χ2n) is 6.87. The van der Waals surface area contributed by atoms with Crippen LogP contribution in [0.15, 0.2) is 40.9 Å². The van der Waals surface area contributed by atoms with E-state index in [1.165, 1.54) is 18.9 Å². The number of halogens is 3. The van der Waals surface area contributed by atoms with Crippen molar-refractivity contribution in [2.75, 3.05) is 13.2 Å². The largest absolute Gasteiger partial charge is 0.492 e. The van der Waals surface area contributed by atoms with E-state index in [0.29, 0.717) is 33.2 Å². The molecule has 0 aliphatic rings. The van der Waals surface area contributed by atoms with Crippen LogP contribution in [0.25, 0.3) is 0 Å². The molecule has 2 amide bonds. The summed E-state index contributed by atoms with van der Waals surface area (Å²) >= 11 is 20.3. The first-order chi connectivity index (χ1) is 15.8. The molecule has 0 atom stereocenters. The number of carbonyl (C=O) groups excluding carboxylic acids is 2. The van der Waals surface area contributed by atoms with Crippen LogP contribution in [0.2, 0.25) is 10.0 Å². The first kappa shape index (κ1) is 27.2. The lowest BCUT2D eigenvalue weighted by atomic mass is 10.2. The summed E-state index contributed by atoms with van der Waals surface area (Å²) in [5.74, 6) is 0.00445. The number of amides is 2. The van der Waals surface area contributed by atoms with Crippen molar-refractivity contribution in [1.82, 2.24) is 16.2 Å². The van der Waals surface area contributed by atoms with E-state index >= 15 is 0 Å². The van der Waals surface area contributed by atoms with Crippen LogP contribution in [-0.4, -0.2) is 30.1 Å². The molecule has 0 bridgehead atoms. The molecule has 11 heteroatoms. The number of rotatable bonds is 10. The third kappa shape index (κ3) is 9.75. The van der Waals surface area contributed by atoms with Crippen molar-refractivity contribution in [2.24, 2.45) is 0 Å². The summed E-state index contributed by atoms with van der Waals surface area (Å²) in [6.45, 7) is 2.45. The minimum absolute atomic E-state index is 0.0785. The Morgan fingerprint density at radius 3 is 2.45 bits per heavy atom. The van der Waals surface area contributed by atoms with Crippen LogP contribution >= 0.6 is 51.3 Å². The topological polar surface area (TPSA) is 88.7 Å². The molecule has 2 rings (SSSR count). The van der Waals surface area contributed by atoms with Gasteiger partial charge in [-0.15, -0.1) is 0 Å². The average molecular weight is 577 g/mol. The van der Waals surface area contributed by atoms with Crippen molar-refractivity contribution >= 4 is 68.3 Å². The lowest BCUT2D eigenvalue weighted by Crippen LogP contribution is -2.49. The van der Waals surface area contributed by atoms with Gasteiger partial charge in [-0.05, 0) is 71.0 Å². The third-order valence-electron chi connectivity index (χ3n) is 4.24. The summed E-state index contributed by atoms with van der Waals surface area (Å²) in [6.07, 6.45) is 4.45. The fourth-order valence-corrected chi connectivity index (χ4v) is 3.67. The van der Waals surface area contributed by atoms with Gasteiger partial charge in [0, 0.05) is 10.6 Å². The zero-order valence-electron chi connectivity index (χ0n) is 17.9. The van der Waals surface area contributed by atoms with Gasteiger partial charge >= 0.3 is 0 Å². The fraction of sp³-hybridized carbons (Fsp3) is 0.318. The lowest BCUT2D eigenvalue weighted by molar-refractivity contribution is -0.123. The van der Waals surface area contributed by atoms with E-state index in [0.717, 1.165) is 12.8 Å². The smallest absolute Gasteiger partial charge is 0.276 e.